The van der Waals surface area contributed by atoms with Gasteiger partial charge in [-0.3, -0.25) is 23.9 Å². The van der Waals surface area contributed by atoms with Gasteiger partial charge in [0.2, 0.25) is 0 Å². The Labute approximate surface area is 344 Å². The summed E-state index contributed by atoms with van der Waals surface area (Å²) in [6, 6.07) is 26.7. The summed E-state index contributed by atoms with van der Waals surface area (Å²) in [6.45, 7) is 8.08. The topological polar surface area (TPSA) is 184 Å². The van der Waals surface area contributed by atoms with Crippen molar-refractivity contribution in [3.05, 3.63) is 147 Å². The second-order valence-electron chi connectivity index (χ2n) is 14.3. The molecule has 1 amide bonds. The van der Waals surface area contributed by atoms with E-state index in [2.05, 4.69) is 45.1 Å². The Kier molecular flexibility index (Phi) is 10.2. The Morgan fingerprint density at radius 3 is 2.29 bits per heavy atom. The molecule has 15 heteroatoms. The molecule has 8 rings (SSSR count). The number of rotatable bonds is 10. The van der Waals surface area contributed by atoms with Crippen molar-refractivity contribution in [2.24, 2.45) is 4.99 Å². The maximum atomic E-state index is 13.3. The minimum absolute atomic E-state index is 0.0249. The van der Waals surface area contributed by atoms with Crippen LogP contribution < -0.4 is 10.0 Å². The van der Waals surface area contributed by atoms with Gasteiger partial charge in [-0.2, -0.15) is 5.26 Å². The number of fused-ring (bicyclic) bond motifs is 4. The number of methoxy groups -OCH3 is 1. The van der Waals surface area contributed by atoms with Gasteiger partial charge in [0.1, 0.15) is 22.9 Å². The van der Waals surface area contributed by atoms with Gasteiger partial charge in [-0.1, -0.05) is 48.5 Å². The van der Waals surface area contributed by atoms with Gasteiger partial charge in [-0.15, -0.1) is 21.5 Å². The SMILES string of the molecule is COC(=O)C[C@@H]1N=C(c2ccc(-c3ccc(C(=O)NCc4ccc(S(=O)(=O)Nc5cc(C)cc6c(C#N)c[nH]c56)cc4)cc3)cc2)c2c(sc(C)c2C)-n2c(C)nnc21. The number of esters is 1. The number of sulfonamides is 1. The molecule has 0 bridgehead atoms. The third-order valence-corrected chi connectivity index (χ3v) is 13.0. The number of aryl methyl sites for hydroxylation is 3. The summed E-state index contributed by atoms with van der Waals surface area (Å²) in [5.74, 6) is 0.653. The molecule has 0 saturated heterocycles. The van der Waals surface area contributed by atoms with E-state index in [1.165, 1.54) is 19.2 Å². The first-order valence-electron chi connectivity index (χ1n) is 18.6. The zero-order valence-corrected chi connectivity index (χ0v) is 34.4. The molecule has 4 aromatic carbocycles. The van der Waals surface area contributed by atoms with Gasteiger partial charge in [-0.25, -0.2) is 8.42 Å². The monoisotopic (exact) mass is 822 g/mol. The van der Waals surface area contributed by atoms with Gasteiger partial charge in [0.05, 0.1) is 40.9 Å². The Balaban J connectivity index is 0.946. The molecule has 0 saturated carbocycles. The molecule has 0 fully saturated rings. The highest BCUT2D eigenvalue weighted by Crippen LogP contribution is 2.40. The smallest absolute Gasteiger partial charge is 0.308 e. The Morgan fingerprint density at radius 1 is 0.932 bits per heavy atom. The molecule has 3 N–H and O–H groups in total. The number of aliphatic imine (C=N–C) groups is 1. The Morgan fingerprint density at radius 2 is 1.61 bits per heavy atom. The summed E-state index contributed by atoms with van der Waals surface area (Å²) in [4.78, 5) is 35.0. The molecule has 0 unspecified atom stereocenters. The summed E-state index contributed by atoms with van der Waals surface area (Å²) in [5.41, 5.74) is 8.92. The van der Waals surface area contributed by atoms with Crippen LogP contribution in [0.4, 0.5) is 5.69 Å². The Bertz CT molecular complexity index is 2970. The second-order valence-corrected chi connectivity index (χ2v) is 17.2. The van der Waals surface area contributed by atoms with Gasteiger partial charge in [0.25, 0.3) is 15.9 Å². The number of hydrogen-bond acceptors (Lipinski definition) is 10. The van der Waals surface area contributed by atoms with Crippen LogP contribution in [0.3, 0.4) is 0 Å². The first-order valence-corrected chi connectivity index (χ1v) is 20.9. The number of nitriles is 1. The van der Waals surface area contributed by atoms with E-state index in [1.54, 1.807) is 47.9 Å². The summed E-state index contributed by atoms with van der Waals surface area (Å²) < 4.78 is 36.2. The normalized spacial score (nSPS) is 13.5. The summed E-state index contributed by atoms with van der Waals surface area (Å²) in [5, 5.41) is 22.7. The first-order chi connectivity index (χ1) is 28.3. The number of amides is 1. The minimum atomic E-state index is -3.94. The molecule has 1 atom stereocenters. The Hall–Kier alpha value is -6.89. The molecule has 4 heterocycles. The number of benzene rings is 4. The number of carbonyl (C=O) groups is 2. The maximum Gasteiger partial charge on any atom is 0.308 e. The first kappa shape index (κ1) is 39.0. The fourth-order valence-electron chi connectivity index (χ4n) is 7.22. The standard InChI is InChI=1S/C44H38N8O5S2/c1-24-18-35-33(21-45)23-46-41(35)36(19-24)51-59(55,56)34-16-6-28(7-17-34)22-47-43(54)32-14-10-30(11-15-32)29-8-12-31(13-9-29)40-39-25(2)26(3)58-44(39)52-27(4)49-50-42(52)37(48-40)20-38(53)57-5/h6-19,23,37,46,51H,20,22H2,1-5H3,(H,47,54)/t37-/m0/s1. The largest absolute Gasteiger partial charge is 0.469 e. The third kappa shape index (κ3) is 7.39. The number of carbonyl (C=O) groups excluding carboxylic acids is 2. The number of anilines is 1. The summed E-state index contributed by atoms with van der Waals surface area (Å²) in [7, 11) is -2.58. The average Bonchev–Trinajstić information content (AvgIpc) is 3.89. The maximum absolute atomic E-state index is 13.3. The number of ether oxygens (including phenoxy) is 1. The van der Waals surface area contributed by atoms with Crippen molar-refractivity contribution in [2.75, 3.05) is 11.8 Å². The minimum Gasteiger partial charge on any atom is -0.469 e. The number of H-pyrrole nitrogens is 1. The highest BCUT2D eigenvalue weighted by molar-refractivity contribution is 7.92. The fourth-order valence-corrected chi connectivity index (χ4v) is 9.50. The van der Waals surface area contributed by atoms with Crippen molar-refractivity contribution >= 4 is 55.5 Å². The quantitative estimate of drug-likeness (QED) is 0.117. The van der Waals surface area contributed by atoms with Crippen LogP contribution >= 0.6 is 11.3 Å². The van der Waals surface area contributed by atoms with E-state index in [9.17, 15) is 23.3 Å². The van der Waals surface area contributed by atoms with Crippen molar-refractivity contribution < 1.29 is 22.7 Å². The van der Waals surface area contributed by atoms with Crippen LogP contribution in [0.25, 0.3) is 27.0 Å². The number of thiophene rings is 1. The van der Waals surface area contributed by atoms with Crippen molar-refractivity contribution in [1.29, 1.82) is 5.26 Å². The molecule has 59 heavy (non-hydrogen) atoms. The predicted octanol–water partition coefficient (Wildman–Crippen LogP) is 7.77. The summed E-state index contributed by atoms with van der Waals surface area (Å²) >= 11 is 1.65. The molecule has 13 nitrogen and oxygen atoms in total. The number of nitrogens with one attached hydrogen (secondary N) is 3. The van der Waals surface area contributed by atoms with Gasteiger partial charge >= 0.3 is 5.97 Å². The second kappa shape index (κ2) is 15.5. The molecule has 3 aromatic heterocycles. The van der Waals surface area contributed by atoms with E-state index in [0.29, 0.717) is 39.4 Å². The van der Waals surface area contributed by atoms with Gasteiger partial charge in [0, 0.05) is 39.7 Å². The molecule has 7 aromatic rings. The molecular weight excluding hydrogens is 785 g/mol. The van der Waals surface area contributed by atoms with E-state index >= 15 is 0 Å². The number of aromatic nitrogens is 4. The molecule has 0 aliphatic carbocycles. The lowest BCUT2D eigenvalue weighted by atomic mass is 9.96. The molecule has 296 valence electrons. The van der Waals surface area contributed by atoms with E-state index in [1.807, 2.05) is 60.9 Å². The van der Waals surface area contributed by atoms with Gasteiger partial charge in [-0.05, 0) is 91.9 Å². The van der Waals surface area contributed by atoms with Crippen LogP contribution in [0.2, 0.25) is 0 Å². The van der Waals surface area contributed by atoms with Crippen molar-refractivity contribution in [3.63, 3.8) is 0 Å². The lowest BCUT2D eigenvalue weighted by Gasteiger charge is -2.12. The van der Waals surface area contributed by atoms with Crippen LogP contribution in [0, 0.1) is 39.0 Å². The van der Waals surface area contributed by atoms with E-state index in [4.69, 9.17) is 9.73 Å². The van der Waals surface area contributed by atoms with Crippen LogP contribution in [0.1, 0.15) is 72.7 Å². The molecule has 0 radical (unpaired) electrons. The third-order valence-electron chi connectivity index (χ3n) is 10.5. The van der Waals surface area contributed by atoms with Crippen LogP contribution in [-0.4, -0.2) is 52.9 Å². The highest BCUT2D eigenvalue weighted by atomic mass is 32.2. The zero-order valence-electron chi connectivity index (χ0n) is 32.7. The van der Waals surface area contributed by atoms with Crippen LogP contribution in [-0.2, 0) is 26.1 Å². The molecule has 1 aliphatic heterocycles. The molecule has 1 aliphatic rings. The zero-order chi connectivity index (χ0) is 41.6. The number of nitrogens with zero attached hydrogens (tertiary/aromatic N) is 5. The fraction of sp³-hybridized carbons (Fsp3) is 0.182. The highest BCUT2D eigenvalue weighted by Gasteiger charge is 2.32. The predicted molar refractivity (Wildman–Crippen MR) is 227 cm³/mol. The van der Waals surface area contributed by atoms with Crippen molar-refractivity contribution in [1.82, 2.24) is 25.1 Å². The lowest BCUT2D eigenvalue weighted by Crippen LogP contribution is -2.22. The average molecular weight is 823 g/mol. The van der Waals surface area contributed by atoms with Crippen LogP contribution in [0.5, 0.6) is 0 Å². The number of aromatic amines is 1. The lowest BCUT2D eigenvalue weighted by molar-refractivity contribution is -0.141. The van der Waals surface area contributed by atoms with Gasteiger partial charge < -0.3 is 15.0 Å². The van der Waals surface area contributed by atoms with Gasteiger partial charge in [0.15, 0.2) is 5.82 Å². The van der Waals surface area contributed by atoms with Crippen molar-refractivity contribution in [2.45, 2.75) is 51.6 Å². The number of hydrogen-bond donors (Lipinski definition) is 3. The molecule has 0 spiro atoms. The van der Waals surface area contributed by atoms with Crippen LogP contribution in [0.15, 0.2) is 101 Å². The van der Waals surface area contributed by atoms with E-state index in [0.717, 1.165) is 54.5 Å². The van der Waals surface area contributed by atoms with E-state index in [-0.39, 0.29) is 29.7 Å². The van der Waals surface area contributed by atoms with E-state index < -0.39 is 16.1 Å². The molecular formula is C44H38N8O5S2. The summed E-state index contributed by atoms with van der Waals surface area (Å²) in [6.07, 6.45) is 1.58. The van der Waals surface area contributed by atoms with Crippen molar-refractivity contribution in [3.8, 4) is 22.2 Å².